The van der Waals surface area contributed by atoms with Crippen molar-refractivity contribution in [1.29, 1.82) is 0 Å². The van der Waals surface area contributed by atoms with Gasteiger partial charge in [-0.2, -0.15) is 0 Å². The van der Waals surface area contributed by atoms with Gasteiger partial charge in [0.1, 0.15) is 23.5 Å². The minimum atomic E-state index is -2.27. The SMILES string of the molecule is [2H]C([2H])(NC(=O)c1cc(C(=O)NCc2ccc(F)cc2)ncn1)c1ccc(C(=O)N(CC)CC)cc1. The Labute approximate surface area is 200 Å². The second-order valence-electron chi connectivity index (χ2n) is 7.23. The smallest absolute Gasteiger partial charge is 0.270 e. The van der Waals surface area contributed by atoms with Crippen molar-refractivity contribution in [1.82, 2.24) is 25.5 Å². The molecule has 3 amide bonds. The van der Waals surface area contributed by atoms with Crippen LogP contribution in [0.2, 0.25) is 0 Å². The lowest BCUT2D eigenvalue weighted by atomic mass is 10.1. The van der Waals surface area contributed by atoms with Crippen LogP contribution in [0.3, 0.4) is 0 Å². The molecule has 34 heavy (non-hydrogen) atoms. The van der Waals surface area contributed by atoms with Gasteiger partial charge in [0.2, 0.25) is 0 Å². The molecule has 0 aliphatic heterocycles. The van der Waals surface area contributed by atoms with Gasteiger partial charge >= 0.3 is 0 Å². The van der Waals surface area contributed by atoms with E-state index in [0.29, 0.717) is 24.2 Å². The van der Waals surface area contributed by atoms with E-state index in [1.165, 1.54) is 48.5 Å². The highest BCUT2D eigenvalue weighted by molar-refractivity contribution is 5.97. The van der Waals surface area contributed by atoms with E-state index in [1.807, 2.05) is 13.8 Å². The molecule has 9 heteroatoms. The fourth-order valence-corrected chi connectivity index (χ4v) is 3.06. The fourth-order valence-electron chi connectivity index (χ4n) is 3.06. The van der Waals surface area contributed by atoms with Crippen molar-refractivity contribution in [2.24, 2.45) is 0 Å². The van der Waals surface area contributed by atoms with Crippen molar-refractivity contribution < 1.29 is 21.5 Å². The van der Waals surface area contributed by atoms with Crippen LogP contribution in [0.5, 0.6) is 0 Å². The number of carbonyl (C=O) groups excluding carboxylic acids is 3. The Morgan fingerprint density at radius 1 is 0.882 bits per heavy atom. The van der Waals surface area contributed by atoms with Gasteiger partial charge in [0.25, 0.3) is 17.7 Å². The molecule has 0 aliphatic carbocycles. The summed E-state index contributed by atoms with van der Waals surface area (Å²) >= 11 is 0. The highest BCUT2D eigenvalue weighted by Gasteiger charge is 2.14. The molecule has 1 aromatic heterocycles. The second-order valence-corrected chi connectivity index (χ2v) is 7.23. The van der Waals surface area contributed by atoms with Crippen molar-refractivity contribution in [2.75, 3.05) is 13.1 Å². The van der Waals surface area contributed by atoms with Crippen LogP contribution in [0.25, 0.3) is 0 Å². The summed E-state index contributed by atoms with van der Waals surface area (Å²) in [4.78, 5) is 46.9. The summed E-state index contributed by atoms with van der Waals surface area (Å²) in [6.45, 7) is 2.71. The lowest BCUT2D eigenvalue weighted by Gasteiger charge is -2.18. The van der Waals surface area contributed by atoms with Gasteiger partial charge in [-0.3, -0.25) is 14.4 Å². The van der Waals surface area contributed by atoms with E-state index in [2.05, 4.69) is 20.6 Å². The third kappa shape index (κ3) is 6.44. The first-order valence-corrected chi connectivity index (χ1v) is 10.7. The molecule has 0 bridgehead atoms. The standard InChI is InChI=1S/C25H26FN5O3/c1-3-31(4-2)25(34)19-9-5-17(6-10-19)14-27-23(32)21-13-22(30-16-29-21)24(33)28-15-18-7-11-20(26)12-8-18/h5-13,16H,3-4,14-15H2,1-2H3,(H,27,32)(H,28,33)/i14D2. The zero-order chi connectivity index (χ0) is 26.3. The zero-order valence-electron chi connectivity index (χ0n) is 20.8. The maximum absolute atomic E-state index is 13.0. The van der Waals surface area contributed by atoms with Gasteiger partial charge < -0.3 is 15.5 Å². The van der Waals surface area contributed by atoms with Crippen LogP contribution < -0.4 is 10.6 Å². The van der Waals surface area contributed by atoms with Crippen molar-refractivity contribution in [3.8, 4) is 0 Å². The summed E-state index contributed by atoms with van der Waals surface area (Å²) < 4.78 is 29.6. The van der Waals surface area contributed by atoms with E-state index >= 15 is 0 Å². The second kappa shape index (κ2) is 11.6. The van der Waals surface area contributed by atoms with E-state index in [4.69, 9.17) is 2.74 Å². The third-order valence-corrected chi connectivity index (χ3v) is 5.00. The van der Waals surface area contributed by atoms with Gasteiger partial charge in [-0.25, -0.2) is 14.4 Å². The average Bonchev–Trinajstić information content (AvgIpc) is 2.88. The van der Waals surface area contributed by atoms with E-state index in [-0.39, 0.29) is 35.2 Å². The van der Waals surface area contributed by atoms with Crippen LogP contribution >= 0.6 is 0 Å². The Balaban J connectivity index is 1.66. The summed E-state index contributed by atoms with van der Waals surface area (Å²) in [7, 11) is 0. The number of aromatic nitrogens is 2. The molecule has 3 rings (SSSR count). The fraction of sp³-hybridized carbons (Fsp3) is 0.240. The molecule has 3 aromatic rings. The maximum atomic E-state index is 13.0. The first kappa shape index (κ1) is 21.7. The van der Waals surface area contributed by atoms with Crippen molar-refractivity contribution >= 4 is 17.7 Å². The molecule has 0 radical (unpaired) electrons. The number of nitrogens with zero attached hydrogens (tertiary/aromatic N) is 3. The number of hydrogen-bond donors (Lipinski definition) is 2. The lowest BCUT2D eigenvalue weighted by molar-refractivity contribution is 0.0772. The Morgan fingerprint density at radius 2 is 1.44 bits per heavy atom. The van der Waals surface area contributed by atoms with Gasteiger partial charge in [0, 0.05) is 37.8 Å². The Hall–Kier alpha value is -4.14. The number of rotatable bonds is 9. The highest BCUT2D eigenvalue weighted by Crippen LogP contribution is 2.09. The van der Waals surface area contributed by atoms with E-state index in [1.54, 1.807) is 4.90 Å². The molecule has 0 saturated heterocycles. The normalized spacial score (nSPS) is 11.7. The predicted molar refractivity (Wildman–Crippen MR) is 124 cm³/mol. The molecule has 0 spiro atoms. The Morgan fingerprint density at radius 3 is 2.03 bits per heavy atom. The van der Waals surface area contributed by atoms with Crippen molar-refractivity contribution in [3.05, 3.63) is 94.8 Å². The third-order valence-electron chi connectivity index (χ3n) is 5.00. The number of halogens is 1. The number of carbonyl (C=O) groups is 3. The van der Waals surface area contributed by atoms with Crippen LogP contribution in [0.4, 0.5) is 4.39 Å². The van der Waals surface area contributed by atoms with Crippen LogP contribution in [0.1, 0.15) is 59.1 Å². The summed E-state index contributed by atoms with van der Waals surface area (Å²) in [5, 5.41) is 4.87. The first-order chi connectivity index (χ1) is 17.1. The summed E-state index contributed by atoms with van der Waals surface area (Å²) in [5.74, 6) is -1.98. The topological polar surface area (TPSA) is 104 Å². The summed E-state index contributed by atoms with van der Waals surface area (Å²) in [5.41, 5.74) is 0.941. The van der Waals surface area contributed by atoms with E-state index < -0.39 is 18.3 Å². The molecule has 0 saturated carbocycles. The molecule has 0 atom stereocenters. The largest absolute Gasteiger partial charge is 0.347 e. The molecular formula is C25H26FN5O3. The Kier molecular flexibility index (Phi) is 7.43. The quantitative estimate of drug-likeness (QED) is 0.506. The monoisotopic (exact) mass is 465 g/mol. The van der Waals surface area contributed by atoms with Gasteiger partial charge in [0.05, 0.1) is 2.74 Å². The molecular weight excluding hydrogens is 437 g/mol. The van der Waals surface area contributed by atoms with Gasteiger partial charge in [-0.05, 0) is 49.2 Å². The van der Waals surface area contributed by atoms with Crippen LogP contribution in [0, 0.1) is 5.82 Å². The summed E-state index contributed by atoms with van der Waals surface area (Å²) in [6.07, 6.45) is 1.03. The lowest BCUT2D eigenvalue weighted by Crippen LogP contribution is -2.30. The van der Waals surface area contributed by atoms with E-state index in [0.717, 1.165) is 12.4 Å². The van der Waals surface area contributed by atoms with E-state index in [9.17, 15) is 18.8 Å². The van der Waals surface area contributed by atoms with Crippen LogP contribution in [-0.4, -0.2) is 45.7 Å². The molecule has 8 nitrogen and oxygen atoms in total. The van der Waals surface area contributed by atoms with Crippen LogP contribution in [-0.2, 0) is 13.0 Å². The molecule has 1 heterocycles. The first-order valence-electron chi connectivity index (χ1n) is 11.7. The van der Waals surface area contributed by atoms with Crippen molar-refractivity contribution in [3.63, 3.8) is 0 Å². The van der Waals surface area contributed by atoms with Crippen LogP contribution in [0.15, 0.2) is 60.9 Å². The zero-order valence-corrected chi connectivity index (χ0v) is 18.8. The number of benzene rings is 2. The van der Waals surface area contributed by atoms with Crippen molar-refractivity contribution in [2.45, 2.75) is 26.9 Å². The molecule has 176 valence electrons. The predicted octanol–water partition coefficient (Wildman–Crippen LogP) is 2.96. The minimum absolute atomic E-state index is 0.0860. The molecule has 2 N–H and O–H groups in total. The summed E-state index contributed by atoms with van der Waals surface area (Å²) in [6, 6.07) is 12.7. The number of amides is 3. The Bertz CT molecular complexity index is 1230. The molecule has 0 fully saturated rings. The van der Waals surface area contributed by atoms with Gasteiger partial charge in [-0.1, -0.05) is 24.3 Å². The molecule has 2 aromatic carbocycles. The number of nitrogens with one attached hydrogen (secondary N) is 2. The average molecular weight is 466 g/mol. The highest BCUT2D eigenvalue weighted by atomic mass is 19.1. The molecule has 0 aliphatic rings. The van der Waals surface area contributed by atoms with Gasteiger partial charge in [0.15, 0.2) is 0 Å². The number of hydrogen-bond acceptors (Lipinski definition) is 5. The molecule has 0 unspecified atom stereocenters. The maximum Gasteiger partial charge on any atom is 0.270 e. The van der Waals surface area contributed by atoms with Gasteiger partial charge in [-0.15, -0.1) is 0 Å². The minimum Gasteiger partial charge on any atom is -0.347 e.